The second-order valence-corrected chi connectivity index (χ2v) is 8.15. The first-order valence-corrected chi connectivity index (χ1v) is 10.5. The molecular formula is C25H24N2O5. The van der Waals surface area contributed by atoms with Crippen LogP contribution < -0.4 is 5.32 Å². The van der Waals surface area contributed by atoms with E-state index >= 15 is 0 Å². The molecule has 2 aromatic rings. The van der Waals surface area contributed by atoms with Crippen molar-refractivity contribution in [1.82, 2.24) is 10.2 Å². The van der Waals surface area contributed by atoms with Crippen molar-refractivity contribution < 1.29 is 24.2 Å². The van der Waals surface area contributed by atoms with Crippen LogP contribution in [-0.2, 0) is 14.3 Å². The maximum absolute atomic E-state index is 13.0. The van der Waals surface area contributed by atoms with Crippen LogP contribution in [0.25, 0.3) is 11.1 Å². The molecule has 2 aliphatic carbocycles. The molecule has 0 unspecified atom stereocenters. The van der Waals surface area contributed by atoms with Gasteiger partial charge in [0, 0.05) is 5.92 Å². The first kappa shape index (κ1) is 21.4. The minimum atomic E-state index is -1.17. The molecule has 2 aliphatic rings. The van der Waals surface area contributed by atoms with E-state index in [2.05, 4.69) is 23.4 Å². The van der Waals surface area contributed by atoms with E-state index in [-0.39, 0.29) is 19.1 Å². The summed E-state index contributed by atoms with van der Waals surface area (Å²) < 4.78 is 5.56. The summed E-state index contributed by atoms with van der Waals surface area (Å²) in [4.78, 5) is 37.9. The third-order valence-corrected chi connectivity index (χ3v) is 6.20. The minimum absolute atomic E-state index is 0.0915. The SMILES string of the molecule is C#CCN(CC(=O)O)C(=O)C1(NC(=O)OCC2c3ccccc3-c3ccccc32)CCC1. The van der Waals surface area contributed by atoms with E-state index in [1.54, 1.807) is 0 Å². The number of hydrogen-bond acceptors (Lipinski definition) is 4. The van der Waals surface area contributed by atoms with Crippen molar-refractivity contribution >= 4 is 18.0 Å². The molecule has 1 saturated carbocycles. The lowest BCUT2D eigenvalue weighted by molar-refractivity contribution is -0.149. The molecule has 0 bridgehead atoms. The van der Waals surface area contributed by atoms with Crippen LogP contribution in [0.3, 0.4) is 0 Å². The third-order valence-electron chi connectivity index (χ3n) is 6.20. The number of fused-ring (bicyclic) bond motifs is 3. The molecule has 4 rings (SSSR count). The zero-order chi connectivity index (χ0) is 22.7. The minimum Gasteiger partial charge on any atom is -0.480 e. The number of aliphatic carboxylic acids is 1. The molecule has 1 fully saturated rings. The van der Waals surface area contributed by atoms with Crippen molar-refractivity contribution in [2.75, 3.05) is 19.7 Å². The van der Waals surface area contributed by atoms with Crippen LogP contribution in [0.1, 0.15) is 36.3 Å². The number of carboxylic acid groups (broad SMARTS) is 1. The number of carbonyl (C=O) groups excluding carboxylic acids is 2. The van der Waals surface area contributed by atoms with E-state index < -0.39 is 30.1 Å². The summed E-state index contributed by atoms with van der Waals surface area (Å²) in [5.41, 5.74) is 3.27. The lowest BCUT2D eigenvalue weighted by Gasteiger charge is -2.42. The third kappa shape index (κ3) is 3.92. The second kappa shape index (κ2) is 8.75. The van der Waals surface area contributed by atoms with Crippen LogP contribution in [0.15, 0.2) is 48.5 Å². The van der Waals surface area contributed by atoms with Crippen LogP contribution in [0.2, 0.25) is 0 Å². The monoisotopic (exact) mass is 432 g/mol. The van der Waals surface area contributed by atoms with Gasteiger partial charge in [0.25, 0.3) is 0 Å². The molecule has 32 heavy (non-hydrogen) atoms. The van der Waals surface area contributed by atoms with Gasteiger partial charge < -0.3 is 20.1 Å². The maximum atomic E-state index is 13.0. The van der Waals surface area contributed by atoms with Gasteiger partial charge in [-0.25, -0.2) is 4.79 Å². The van der Waals surface area contributed by atoms with Gasteiger partial charge in [-0.1, -0.05) is 54.5 Å². The Bertz CT molecular complexity index is 1050. The molecule has 2 N–H and O–H groups in total. The number of ether oxygens (including phenoxy) is 1. The van der Waals surface area contributed by atoms with Gasteiger partial charge >= 0.3 is 12.1 Å². The summed E-state index contributed by atoms with van der Waals surface area (Å²) in [6.45, 7) is -0.524. The molecule has 7 heteroatoms. The summed E-state index contributed by atoms with van der Waals surface area (Å²) in [6, 6.07) is 16.1. The molecule has 7 nitrogen and oxygen atoms in total. The quantitative estimate of drug-likeness (QED) is 0.656. The molecular weight excluding hydrogens is 408 g/mol. The highest BCUT2D eigenvalue weighted by molar-refractivity contribution is 5.93. The second-order valence-electron chi connectivity index (χ2n) is 8.15. The molecule has 2 aromatic carbocycles. The molecule has 2 amide bonds. The van der Waals surface area contributed by atoms with E-state index in [0.29, 0.717) is 12.8 Å². The number of terminal acetylenes is 1. The normalized spacial score (nSPS) is 15.5. The van der Waals surface area contributed by atoms with Crippen LogP contribution >= 0.6 is 0 Å². The summed E-state index contributed by atoms with van der Waals surface area (Å²) >= 11 is 0. The Morgan fingerprint density at radius 2 is 1.69 bits per heavy atom. The predicted molar refractivity (Wildman–Crippen MR) is 118 cm³/mol. The topological polar surface area (TPSA) is 95.9 Å². The highest BCUT2D eigenvalue weighted by Crippen LogP contribution is 2.44. The van der Waals surface area contributed by atoms with Gasteiger partial charge in [0.1, 0.15) is 18.7 Å². The Morgan fingerprint density at radius 3 is 2.19 bits per heavy atom. The molecule has 0 radical (unpaired) electrons. The largest absolute Gasteiger partial charge is 0.480 e. The van der Waals surface area contributed by atoms with Crippen molar-refractivity contribution in [2.24, 2.45) is 0 Å². The van der Waals surface area contributed by atoms with Gasteiger partial charge in [0.2, 0.25) is 5.91 Å². The zero-order valence-electron chi connectivity index (χ0n) is 17.5. The fourth-order valence-electron chi connectivity index (χ4n) is 4.53. The number of carbonyl (C=O) groups is 3. The summed E-state index contributed by atoms with van der Waals surface area (Å²) in [6.07, 6.45) is 6.16. The van der Waals surface area contributed by atoms with Gasteiger partial charge in [-0.2, -0.15) is 0 Å². The number of nitrogens with zero attached hydrogens (tertiary/aromatic N) is 1. The predicted octanol–water partition coefficient (Wildman–Crippen LogP) is 2.99. The van der Waals surface area contributed by atoms with Crippen LogP contribution in [0, 0.1) is 12.3 Å². The van der Waals surface area contributed by atoms with Crippen molar-refractivity contribution in [3.63, 3.8) is 0 Å². The zero-order valence-corrected chi connectivity index (χ0v) is 17.5. The highest BCUT2D eigenvalue weighted by atomic mass is 16.5. The van der Waals surface area contributed by atoms with Crippen LogP contribution in [-0.4, -0.2) is 53.2 Å². The Kier molecular flexibility index (Phi) is 5.87. The van der Waals surface area contributed by atoms with E-state index in [9.17, 15) is 14.4 Å². The molecule has 0 spiro atoms. The molecule has 164 valence electrons. The molecule has 0 heterocycles. The number of hydrogen-bond donors (Lipinski definition) is 2. The smallest absolute Gasteiger partial charge is 0.408 e. The van der Waals surface area contributed by atoms with Crippen molar-refractivity contribution in [3.05, 3.63) is 59.7 Å². The average molecular weight is 432 g/mol. The Hall–Kier alpha value is -3.79. The summed E-state index contributed by atoms with van der Waals surface area (Å²) in [5.74, 6) is 0.564. The van der Waals surface area contributed by atoms with Gasteiger partial charge in [0.15, 0.2) is 0 Å². The average Bonchev–Trinajstić information content (AvgIpc) is 3.07. The lowest BCUT2D eigenvalue weighted by atomic mass is 9.75. The number of rotatable bonds is 7. The maximum Gasteiger partial charge on any atom is 0.408 e. The molecule has 0 saturated heterocycles. The number of alkyl carbamates (subject to hydrolysis) is 1. The van der Waals surface area contributed by atoms with E-state index in [0.717, 1.165) is 33.6 Å². The first-order valence-electron chi connectivity index (χ1n) is 10.5. The fraction of sp³-hybridized carbons (Fsp3) is 0.320. The number of amides is 2. The number of carboxylic acids is 1. The van der Waals surface area contributed by atoms with Gasteiger partial charge in [-0.05, 0) is 41.5 Å². The van der Waals surface area contributed by atoms with E-state index in [1.165, 1.54) is 0 Å². The molecule has 0 atom stereocenters. The standard InChI is InChI=1S/C25H24N2O5/c1-2-14-27(15-22(28)29)23(30)25(12-7-13-25)26-24(31)32-16-21-19-10-5-3-8-17(19)18-9-4-6-11-20(18)21/h1,3-6,8-11,21H,7,12-16H2,(H,26,31)(H,28,29). The van der Waals surface area contributed by atoms with Gasteiger partial charge in [-0.3, -0.25) is 9.59 Å². The van der Waals surface area contributed by atoms with E-state index in [1.807, 2.05) is 36.4 Å². The van der Waals surface area contributed by atoms with Crippen LogP contribution in [0.4, 0.5) is 4.79 Å². The van der Waals surface area contributed by atoms with Crippen molar-refractivity contribution in [1.29, 1.82) is 0 Å². The number of nitrogens with one attached hydrogen (secondary N) is 1. The fourth-order valence-corrected chi connectivity index (χ4v) is 4.53. The Labute approximate surface area is 186 Å². The van der Waals surface area contributed by atoms with E-state index in [4.69, 9.17) is 16.3 Å². The van der Waals surface area contributed by atoms with Gasteiger partial charge in [0.05, 0.1) is 6.54 Å². The summed E-state index contributed by atoms with van der Waals surface area (Å²) in [5, 5.41) is 11.8. The summed E-state index contributed by atoms with van der Waals surface area (Å²) in [7, 11) is 0. The molecule has 0 aliphatic heterocycles. The Morgan fingerprint density at radius 1 is 1.09 bits per heavy atom. The van der Waals surface area contributed by atoms with Crippen molar-refractivity contribution in [2.45, 2.75) is 30.7 Å². The highest BCUT2D eigenvalue weighted by Gasteiger charge is 2.48. The number of benzene rings is 2. The Balaban J connectivity index is 1.45. The first-order chi connectivity index (χ1) is 15.4. The lowest BCUT2D eigenvalue weighted by Crippen LogP contribution is -2.64. The van der Waals surface area contributed by atoms with Crippen molar-refractivity contribution in [3.8, 4) is 23.5 Å². The van der Waals surface area contributed by atoms with Crippen LogP contribution in [0.5, 0.6) is 0 Å². The molecule has 0 aromatic heterocycles. The van der Waals surface area contributed by atoms with Gasteiger partial charge in [-0.15, -0.1) is 6.42 Å².